The Morgan fingerprint density at radius 3 is 1.96 bits per heavy atom. The molecule has 23 heavy (non-hydrogen) atoms. The Balaban J connectivity index is 0.000000409. The largest absolute Gasteiger partial charge is 0.512 e. The number of ketones is 1. The van der Waals surface area contributed by atoms with Crippen LogP contribution in [-0.4, -0.2) is 10.9 Å². The topological polar surface area (TPSA) is 37.3 Å². The molecule has 0 heterocycles. The number of halogens is 2. The van der Waals surface area contributed by atoms with E-state index >= 15 is 0 Å². The molecular formula is C18H20Cl2O2Rh. The minimum atomic E-state index is -0.171. The first-order valence-electron chi connectivity index (χ1n) is 7.14. The molecule has 1 aromatic rings. The van der Waals surface area contributed by atoms with Gasteiger partial charge in [0.05, 0.1) is 16.5 Å². The second kappa shape index (κ2) is 13.0. The third-order valence-corrected chi connectivity index (χ3v) is 3.59. The van der Waals surface area contributed by atoms with E-state index in [9.17, 15) is 4.79 Å². The summed E-state index contributed by atoms with van der Waals surface area (Å²) in [4.78, 5) is 11.2. The van der Waals surface area contributed by atoms with E-state index in [0.29, 0.717) is 5.56 Å². The van der Waals surface area contributed by atoms with Crippen LogP contribution in [0.1, 0.15) is 43.0 Å². The van der Waals surface area contributed by atoms with Crippen LogP contribution in [0, 0.1) is 23.6 Å². The van der Waals surface area contributed by atoms with E-state index in [4.69, 9.17) is 28.3 Å². The fourth-order valence-corrected chi connectivity index (χ4v) is 2.21. The summed E-state index contributed by atoms with van der Waals surface area (Å²) in [7, 11) is 0. The van der Waals surface area contributed by atoms with Crippen LogP contribution in [-0.2, 0) is 19.5 Å². The van der Waals surface area contributed by atoms with Crippen molar-refractivity contribution in [2.24, 2.45) is 0 Å². The number of allylic oxidation sites excluding steroid dienone is 2. The summed E-state index contributed by atoms with van der Waals surface area (Å²) in [6, 6.07) is 8.83. The number of benzene rings is 1. The Labute approximate surface area is 162 Å². The van der Waals surface area contributed by atoms with Gasteiger partial charge >= 0.3 is 0 Å². The van der Waals surface area contributed by atoms with E-state index < -0.39 is 0 Å². The van der Waals surface area contributed by atoms with Crippen LogP contribution in [0.3, 0.4) is 0 Å². The van der Waals surface area contributed by atoms with Crippen molar-refractivity contribution in [1.82, 2.24) is 0 Å². The van der Waals surface area contributed by atoms with Crippen molar-refractivity contribution in [2.75, 3.05) is 0 Å². The molecule has 2 nitrogen and oxygen atoms in total. The van der Waals surface area contributed by atoms with E-state index in [1.54, 1.807) is 24.3 Å². The van der Waals surface area contributed by atoms with Gasteiger partial charge in [0.25, 0.3) is 0 Å². The van der Waals surface area contributed by atoms with Crippen molar-refractivity contribution in [3.8, 4) is 0 Å². The predicted molar refractivity (Wildman–Crippen MR) is 92.4 cm³/mol. The zero-order valence-electron chi connectivity index (χ0n) is 12.9. The van der Waals surface area contributed by atoms with Crippen LogP contribution in [0.25, 0.3) is 0 Å². The Hall–Kier alpha value is -0.367. The van der Waals surface area contributed by atoms with E-state index in [0.717, 1.165) is 36.4 Å². The van der Waals surface area contributed by atoms with Crippen molar-refractivity contribution in [3.63, 3.8) is 0 Å². The number of rotatable bonds is 2. The van der Waals surface area contributed by atoms with Gasteiger partial charge in [-0.2, -0.15) is 0 Å². The smallest absolute Gasteiger partial charge is 0.189 e. The van der Waals surface area contributed by atoms with Crippen molar-refractivity contribution in [2.45, 2.75) is 32.6 Å². The number of carbonyl (C=O) groups excluding carboxylic acids is 1. The number of aliphatic hydroxyl groups is 1. The van der Waals surface area contributed by atoms with Gasteiger partial charge in [-0.1, -0.05) is 30.3 Å². The van der Waals surface area contributed by atoms with E-state index in [2.05, 4.69) is 12.8 Å². The third-order valence-electron chi connectivity index (χ3n) is 2.90. The molecule has 1 N–H and O–H groups in total. The Morgan fingerprint density at radius 1 is 1.04 bits per heavy atom. The Bertz CT molecular complexity index is 461. The monoisotopic (exact) mass is 441 g/mol. The number of carbonyl (C=O) groups is 1. The van der Waals surface area contributed by atoms with E-state index in [-0.39, 0.29) is 31.0 Å². The maximum absolute atomic E-state index is 11.2. The van der Waals surface area contributed by atoms with Gasteiger partial charge in [0.1, 0.15) is 0 Å². The van der Waals surface area contributed by atoms with Gasteiger partial charge in [0.2, 0.25) is 0 Å². The summed E-state index contributed by atoms with van der Waals surface area (Å²) in [6.45, 7) is 1.47. The molecule has 5 radical (unpaired) electrons. The van der Waals surface area contributed by atoms with Gasteiger partial charge in [-0.05, 0) is 45.4 Å². The molecule has 0 amide bonds. The molecule has 0 spiro atoms. The average Bonchev–Trinajstić information content (AvgIpc) is 2.49. The summed E-state index contributed by atoms with van der Waals surface area (Å²) in [5, 5.41) is 10.7. The number of hydrogen-bond acceptors (Lipinski definition) is 2. The Kier molecular flexibility index (Phi) is 12.8. The van der Waals surface area contributed by atoms with Gasteiger partial charge in [-0.25, -0.2) is 0 Å². The minimum Gasteiger partial charge on any atom is -0.512 e. The normalized spacial score (nSPS) is 17.1. The third kappa shape index (κ3) is 10.9. The number of hydrogen-bond donors (Lipinski definition) is 1. The van der Waals surface area contributed by atoms with Gasteiger partial charge < -0.3 is 5.11 Å². The van der Waals surface area contributed by atoms with Crippen molar-refractivity contribution in [3.05, 3.63) is 71.3 Å². The summed E-state index contributed by atoms with van der Waals surface area (Å²) in [6.07, 6.45) is 9.19. The molecule has 127 valence electrons. The Morgan fingerprint density at radius 2 is 1.52 bits per heavy atom. The van der Waals surface area contributed by atoms with Crippen LogP contribution in [0.2, 0.25) is 0 Å². The van der Waals surface area contributed by atoms with Gasteiger partial charge in [-0.15, -0.1) is 23.2 Å². The second-order valence-corrected chi connectivity index (χ2v) is 5.87. The molecule has 5 heteroatoms. The molecule has 1 fully saturated rings. The zero-order chi connectivity index (χ0) is 16.4. The molecule has 0 unspecified atom stereocenters. The molecule has 2 rings (SSSR count). The van der Waals surface area contributed by atoms with Crippen molar-refractivity contribution >= 4 is 29.0 Å². The average molecular weight is 442 g/mol. The maximum Gasteiger partial charge on any atom is 0.189 e. The van der Waals surface area contributed by atoms with Crippen LogP contribution < -0.4 is 0 Å². The van der Waals surface area contributed by atoms with Crippen LogP contribution in [0.15, 0.2) is 42.2 Å². The summed E-state index contributed by atoms with van der Waals surface area (Å²) in [5.74, 6) is -0.139. The maximum atomic E-state index is 11.2. The molecule has 0 aliphatic heterocycles. The first-order chi connectivity index (χ1) is 10.5. The summed E-state index contributed by atoms with van der Waals surface area (Å²) in [5.41, 5.74) is 0.589. The molecule has 1 saturated carbocycles. The van der Waals surface area contributed by atoms with Crippen molar-refractivity contribution in [1.29, 1.82) is 0 Å². The van der Waals surface area contributed by atoms with Crippen LogP contribution >= 0.6 is 23.2 Å². The van der Waals surface area contributed by atoms with Crippen LogP contribution in [0.5, 0.6) is 0 Å². The van der Waals surface area contributed by atoms with Gasteiger partial charge in [0.15, 0.2) is 5.78 Å². The second-order valence-electron chi connectivity index (χ2n) is 4.90. The standard InChI is InChI=1S/C10H10O2.C8H10Cl2.Rh/c1-8(11)7-10(12)9-5-3-2-4-6-9;9-7-3-1-2-4-8(10)6-5-7;/h2-7,11H,1H3;3-4H,1-2,5-6H2;/b8-7-;;. The molecule has 0 atom stereocenters. The predicted octanol–water partition coefficient (Wildman–Crippen LogP) is 5.84. The molecule has 0 aromatic heterocycles. The SMILES string of the molecule is C/C(O)=C/C(=O)c1ccccc1.Cl[C]1[CH]CC[CH][C](Cl)CC1.[Rh]. The van der Waals surface area contributed by atoms with Crippen LogP contribution in [0.4, 0.5) is 0 Å². The zero-order valence-corrected chi connectivity index (χ0v) is 16.0. The van der Waals surface area contributed by atoms with Crippen molar-refractivity contribution < 1.29 is 29.4 Å². The van der Waals surface area contributed by atoms with E-state index in [1.807, 2.05) is 6.07 Å². The van der Waals surface area contributed by atoms with Gasteiger partial charge in [0, 0.05) is 31.1 Å². The first-order valence-corrected chi connectivity index (χ1v) is 7.90. The van der Waals surface area contributed by atoms with E-state index in [1.165, 1.54) is 13.0 Å². The fraction of sp³-hybridized carbons (Fsp3) is 0.278. The molecular weight excluding hydrogens is 422 g/mol. The molecule has 0 bridgehead atoms. The summed E-state index contributed by atoms with van der Waals surface area (Å²) < 4.78 is 0. The fourth-order valence-electron chi connectivity index (χ4n) is 1.80. The summed E-state index contributed by atoms with van der Waals surface area (Å²) >= 11 is 11.7. The first kappa shape index (κ1) is 22.6. The minimum absolute atomic E-state index is 0. The quantitative estimate of drug-likeness (QED) is 0.271. The molecule has 1 aliphatic rings. The molecule has 1 aromatic carbocycles. The van der Waals surface area contributed by atoms with Gasteiger partial charge in [-0.3, -0.25) is 4.79 Å². The molecule has 0 saturated heterocycles. The molecule has 1 aliphatic carbocycles. The number of aliphatic hydroxyl groups excluding tert-OH is 1.